The van der Waals surface area contributed by atoms with E-state index < -0.39 is 241 Å². The van der Waals surface area contributed by atoms with Crippen LogP contribution in [0.25, 0.3) is 0 Å². The molecule has 2 aromatic carbocycles. The van der Waals surface area contributed by atoms with Crippen molar-refractivity contribution in [1.29, 1.82) is 5.26 Å². The van der Waals surface area contributed by atoms with Crippen molar-refractivity contribution in [2.75, 3.05) is 37.9 Å². The van der Waals surface area contributed by atoms with E-state index in [1.165, 1.54) is 90.1 Å². The lowest BCUT2D eigenvalue weighted by atomic mass is 9.57. The van der Waals surface area contributed by atoms with Crippen molar-refractivity contribution in [1.82, 2.24) is 0 Å². The minimum absolute atomic E-state index is 0.00122. The maximum Gasteiger partial charge on any atom is 0.333 e. The van der Waals surface area contributed by atoms with Gasteiger partial charge in [0.05, 0.1) is 103 Å². The Morgan fingerprint density at radius 3 is 0.804 bits per heavy atom. The molecule has 0 bridgehead atoms. The van der Waals surface area contributed by atoms with Crippen molar-refractivity contribution < 1.29 is 179 Å². The van der Waals surface area contributed by atoms with Crippen LogP contribution in [0.15, 0.2) is 53.5 Å². The number of carbonyl (C=O) groups is 14. The zero-order valence-corrected chi connectivity index (χ0v) is 85.2. The third-order valence-electron chi connectivity index (χ3n) is 26.7. The number of ether oxygens (including phenoxy) is 1. The molecule has 143 heavy (non-hydrogen) atoms. The van der Waals surface area contributed by atoms with Crippen molar-refractivity contribution in [3.05, 3.63) is 59.7 Å². The number of isocyanates is 1. The van der Waals surface area contributed by atoms with E-state index in [0.717, 1.165) is 81.1 Å². The van der Waals surface area contributed by atoms with Crippen LogP contribution in [0.4, 0.5) is 5.69 Å². The van der Waals surface area contributed by atoms with E-state index in [9.17, 15) is 154 Å². The van der Waals surface area contributed by atoms with Crippen LogP contribution in [-0.4, -0.2) is 242 Å². The third kappa shape index (κ3) is 53.5. The number of benzene rings is 2. The van der Waals surface area contributed by atoms with Crippen LogP contribution in [0.1, 0.15) is 335 Å². The van der Waals surface area contributed by atoms with Crippen LogP contribution in [0.5, 0.6) is 5.75 Å². The molecule has 2 aromatic rings. The van der Waals surface area contributed by atoms with Crippen molar-refractivity contribution in [2.45, 2.75) is 343 Å². The number of aliphatic hydroxyl groups is 6. The van der Waals surface area contributed by atoms with Gasteiger partial charge in [-0.2, -0.15) is 16.8 Å². The molecule has 0 fully saturated rings. The molecule has 0 spiro atoms. The molecule has 18 unspecified atom stereocenters. The van der Waals surface area contributed by atoms with E-state index in [-0.39, 0.29) is 51.6 Å². The van der Waals surface area contributed by atoms with Gasteiger partial charge in [-0.1, -0.05) is 309 Å². The Hall–Kier alpha value is -10.2. The Morgan fingerprint density at radius 1 is 0.329 bits per heavy atom. The Bertz CT molecular complexity index is 4060. The number of carboxylic acids is 14. The lowest BCUT2D eigenvalue weighted by Gasteiger charge is -2.43. The molecule has 0 aliphatic rings. The quantitative estimate of drug-likeness (QED) is 0.0127. The topological polar surface area (TPSA) is 706 Å². The van der Waals surface area contributed by atoms with E-state index in [1.54, 1.807) is 42.3 Å². The van der Waals surface area contributed by atoms with Gasteiger partial charge in [-0.3, -0.25) is 62.3 Å². The average Bonchev–Trinajstić information content (AvgIpc) is 0.751. The summed E-state index contributed by atoms with van der Waals surface area (Å²) in [5.74, 6) is -73.7. The number of rotatable bonds is 85. The fourth-order valence-electron chi connectivity index (χ4n) is 18.8. The summed E-state index contributed by atoms with van der Waals surface area (Å²) >= 11 is 1.76. The highest BCUT2D eigenvalue weighted by Gasteiger charge is 2.62. The monoisotopic (exact) mass is 2050 g/mol. The first kappa shape index (κ1) is 135. The largest absolute Gasteiger partial charge is 0.481 e. The first-order valence-electron chi connectivity index (χ1n) is 50.9. The van der Waals surface area contributed by atoms with Gasteiger partial charge in [0.1, 0.15) is 17.1 Å². The van der Waals surface area contributed by atoms with Crippen LogP contribution < -0.4 is 4.74 Å². The highest BCUT2D eigenvalue weighted by Crippen LogP contribution is 2.51. The van der Waals surface area contributed by atoms with Crippen molar-refractivity contribution in [3.8, 4) is 12.0 Å². The number of unbranched alkanes of at least 4 members (excludes halogenated alkanes) is 35. The molecule has 0 heterocycles. The highest BCUT2D eigenvalue weighted by molar-refractivity contribution is 7.99. The summed E-state index contributed by atoms with van der Waals surface area (Å²) < 4.78 is 4.71. The minimum Gasteiger partial charge on any atom is -0.481 e. The fourth-order valence-corrected chi connectivity index (χ4v) is 19.7. The molecule has 2 rings (SSSR count). The van der Waals surface area contributed by atoms with Crippen LogP contribution in [0.3, 0.4) is 0 Å². The van der Waals surface area contributed by atoms with Gasteiger partial charge < -0.3 is 107 Å². The normalized spacial score (nSPS) is 15.0. The van der Waals surface area contributed by atoms with Gasteiger partial charge in [0.15, 0.2) is 6.10 Å². The minimum atomic E-state index is -3.21. The number of nitriles is 1. The maximum atomic E-state index is 14.5. The zero-order valence-electron chi connectivity index (χ0n) is 84.4. The molecule has 0 amide bonds. The third-order valence-corrected chi connectivity index (χ3v) is 27.9. The first-order chi connectivity index (χ1) is 68.0. The number of aliphatic imine (C=N–C) groups is 1. The first-order valence-corrected chi connectivity index (χ1v) is 52.1. The molecule has 20 N–H and O–H groups in total. The molecular weight excluding hydrogens is 1890 g/mol. The van der Waals surface area contributed by atoms with E-state index >= 15 is 0 Å². The van der Waals surface area contributed by atoms with Gasteiger partial charge in [0.2, 0.25) is 6.08 Å². The molecule has 814 valence electrons. The molecule has 0 radical (unpaired) electrons. The predicted molar refractivity (Wildman–Crippen MR) is 530 cm³/mol. The SMILES string of the molecule is CC(CO)(CO)C(=O)O.CCCCCCCCCC(C(CO)C(=O)O)C(C(=O)O)C(C(=O)O)C(C(=O)O)C(CCCCCCCCC)C(C(=O)O)C(C(=O)O)C(C(=O)O)C(CCCCCCCCC)C(C(=O)O)C(C(=O)O)C(C(=O)O)C(CCCCCCCCC)C(C(=O)O)C(C(=O)O)C(O)C(=O)O.CCCCCCCCCCCCCCSCC(O)CO.N#COc1ccc(Cc2ccc(N=C=O)cc2)cc1. The number of hydrogen-bond acceptors (Lipinski definition) is 25. The van der Waals surface area contributed by atoms with E-state index in [4.69, 9.17) is 30.4 Å². The molecule has 0 saturated carbocycles. The number of carbonyl (C=O) groups excluding carboxylic acids is 1. The standard InChI is InChI=1S/C67H110O28.C17H36O2S.C15H10N2O2.C5H10O4/c1-5-9-13-17-21-25-29-33-38(42(37-68)55(70)71)43(56(72)73)50(63(86)87)44(57(74)75)39(34-30-26-22-18-14-10-6-2)45(58(76)77)51(64(88)89)46(59(78)79)40(35-31-27-23-19-15-11-7-3)47(60(80)81)52(65(90)91)48(61(82)83)41(36-32-28-24-20-16-12-8-4)49(62(84)85)53(66(92)93)54(69)67(94)95;1-2-3-4-5-6-7-8-9-10-11-12-13-14-20-16-17(19)15-18;16-10-19-15-7-3-13(4-8-15)9-12-1-5-14(6-2-12)17-11-18;1-5(2-6,3-7)4(8)9/h38-54,68-69H,5-37H2,1-4H3,(H,70,71)(H,72,73)(H,74,75)(H,76,77)(H,78,79)(H,80,81)(H,82,83)(H,84,85)(H,86,87)(H,88,89)(H,90,91)(H,92,93)(H,94,95);17-19H,2-16H2,1H3;1-8H,9H2;6-7H,2-3H2,1H3,(H,8,9). The van der Waals surface area contributed by atoms with Crippen LogP contribution in [0.2, 0.25) is 0 Å². The van der Waals surface area contributed by atoms with Gasteiger partial charge in [-0.05, 0) is 110 Å². The Balaban J connectivity index is 0. The summed E-state index contributed by atoms with van der Waals surface area (Å²) in [7, 11) is 0. The summed E-state index contributed by atoms with van der Waals surface area (Å²) in [6, 6.07) is 14.7. The van der Waals surface area contributed by atoms with Gasteiger partial charge in [-0.25, -0.2) is 9.59 Å². The second-order valence-corrected chi connectivity index (χ2v) is 38.7. The number of carboxylic acid groups (broad SMARTS) is 14. The number of aliphatic carboxylic acids is 14. The lowest BCUT2D eigenvalue weighted by Crippen LogP contribution is -2.55. The number of hydrogen-bond donors (Lipinski definition) is 20. The Morgan fingerprint density at radius 2 is 0.580 bits per heavy atom. The summed E-state index contributed by atoms with van der Waals surface area (Å²) in [4.78, 5) is 203. The van der Waals surface area contributed by atoms with Gasteiger partial charge >= 0.3 is 83.6 Å². The molecule has 18 atom stereocenters. The van der Waals surface area contributed by atoms with Crippen LogP contribution >= 0.6 is 11.8 Å². The molecule has 38 nitrogen and oxygen atoms in total. The van der Waals surface area contributed by atoms with Crippen molar-refractivity contribution >= 4 is 107 Å². The molecular formula is C104H166N2O36S. The Labute approximate surface area is 844 Å². The molecule has 0 saturated heterocycles. The average molecular weight is 2050 g/mol. The molecule has 0 aliphatic carbocycles. The number of aliphatic hydroxyl groups excluding tert-OH is 6. The summed E-state index contributed by atoms with van der Waals surface area (Å²) in [6.07, 6.45) is 26.3. The maximum absolute atomic E-state index is 14.5. The second-order valence-electron chi connectivity index (χ2n) is 37.6. The summed E-state index contributed by atoms with van der Waals surface area (Å²) in [5, 5.41) is 217. The summed E-state index contributed by atoms with van der Waals surface area (Å²) in [5.41, 5.74) is 1.42. The lowest BCUT2D eigenvalue weighted by molar-refractivity contribution is -0.181. The Kier molecular flexibility index (Phi) is 75.5. The predicted octanol–water partition coefficient (Wildman–Crippen LogP) is 16.8. The van der Waals surface area contributed by atoms with Crippen molar-refractivity contribution in [3.63, 3.8) is 0 Å². The van der Waals surface area contributed by atoms with Gasteiger partial charge in [0, 0.05) is 5.75 Å². The van der Waals surface area contributed by atoms with E-state index in [1.807, 2.05) is 52.0 Å². The molecule has 0 aromatic heterocycles. The summed E-state index contributed by atoms with van der Waals surface area (Å²) in [6.45, 7) is 8.71. The smallest absolute Gasteiger partial charge is 0.333 e. The van der Waals surface area contributed by atoms with E-state index in [2.05, 4.69) is 11.9 Å². The molecule has 0 aliphatic heterocycles. The number of thioether (sulfide) groups is 1. The van der Waals surface area contributed by atoms with E-state index in [0.29, 0.717) is 94.2 Å². The van der Waals surface area contributed by atoms with Gasteiger partial charge in [0.25, 0.3) is 6.26 Å². The van der Waals surface area contributed by atoms with Gasteiger partial charge in [-0.15, -0.1) is 5.26 Å². The van der Waals surface area contributed by atoms with Crippen LogP contribution in [-0.2, 0) is 78.3 Å². The number of nitrogens with zero attached hydrogens (tertiary/aromatic N) is 2. The van der Waals surface area contributed by atoms with Crippen LogP contribution in [0, 0.1) is 112 Å². The second kappa shape index (κ2) is 80.1. The van der Waals surface area contributed by atoms with Crippen molar-refractivity contribution in [2.24, 2.45) is 105 Å². The zero-order chi connectivity index (χ0) is 109. The molecule has 39 heteroatoms. The highest BCUT2D eigenvalue weighted by atomic mass is 32.2. The fraction of sp³-hybridized carbons (Fsp3) is 0.731.